The van der Waals surface area contributed by atoms with E-state index < -0.39 is 10.0 Å². The molecule has 0 aromatic heterocycles. The first kappa shape index (κ1) is 19.6. The standard InChI is InChI=1S/C23H27N3O3S/c1-24-20-9-8-17(23(27)25-21-11-15-6-7-16(21)10-15)12-22(20)30(28,29)26-13-18-4-2-3-5-19(18)14-26/h2-5,8-9,12,15-16,21,24H,6-7,10-11,13-14H2,1H3,(H,25,27)/t15-,16+,21+/m0/s1. The monoisotopic (exact) mass is 425 g/mol. The van der Waals surface area contributed by atoms with Gasteiger partial charge in [0.2, 0.25) is 10.0 Å². The number of hydrogen-bond donors (Lipinski definition) is 2. The fourth-order valence-corrected chi connectivity index (χ4v) is 6.99. The van der Waals surface area contributed by atoms with E-state index in [9.17, 15) is 13.2 Å². The summed E-state index contributed by atoms with van der Waals surface area (Å²) in [6.07, 6.45) is 4.71. The van der Waals surface area contributed by atoms with Gasteiger partial charge in [-0.1, -0.05) is 30.7 Å². The van der Waals surface area contributed by atoms with E-state index in [4.69, 9.17) is 0 Å². The Balaban J connectivity index is 1.41. The minimum atomic E-state index is -3.75. The first-order valence-electron chi connectivity index (χ1n) is 10.7. The van der Waals surface area contributed by atoms with Crippen LogP contribution in [0.2, 0.25) is 0 Å². The zero-order valence-electron chi connectivity index (χ0n) is 17.1. The fraction of sp³-hybridized carbons (Fsp3) is 0.435. The van der Waals surface area contributed by atoms with Crippen LogP contribution < -0.4 is 10.6 Å². The summed E-state index contributed by atoms with van der Waals surface area (Å²) >= 11 is 0. The van der Waals surface area contributed by atoms with Crippen LogP contribution in [-0.2, 0) is 23.1 Å². The Labute approximate surface area is 177 Å². The molecular weight excluding hydrogens is 398 g/mol. The molecule has 1 amide bonds. The second-order valence-corrected chi connectivity index (χ2v) is 10.7. The van der Waals surface area contributed by atoms with E-state index in [2.05, 4.69) is 10.6 Å². The summed E-state index contributed by atoms with van der Waals surface area (Å²) in [6, 6.07) is 12.9. The van der Waals surface area contributed by atoms with Crippen LogP contribution in [0.15, 0.2) is 47.4 Å². The molecule has 0 spiro atoms. The summed E-state index contributed by atoms with van der Waals surface area (Å²) in [6.45, 7) is 0.701. The Bertz CT molecular complexity index is 1070. The van der Waals surface area contributed by atoms with Crippen LogP contribution in [0, 0.1) is 11.8 Å². The van der Waals surface area contributed by atoms with Crippen molar-refractivity contribution in [3.8, 4) is 0 Å². The van der Waals surface area contributed by atoms with Crippen molar-refractivity contribution in [2.75, 3.05) is 12.4 Å². The van der Waals surface area contributed by atoms with Crippen LogP contribution in [0.4, 0.5) is 5.69 Å². The van der Waals surface area contributed by atoms with Gasteiger partial charge in [-0.25, -0.2) is 8.42 Å². The first-order valence-corrected chi connectivity index (χ1v) is 12.1. The normalized spacial score (nSPS) is 25.3. The third kappa shape index (κ3) is 3.30. The third-order valence-electron chi connectivity index (χ3n) is 7.00. The lowest BCUT2D eigenvalue weighted by Crippen LogP contribution is -2.38. The highest BCUT2D eigenvalue weighted by Gasteiger charge is 2.40. The van der Waals surface area contributed by atoms with Crippen LogP contribution in [0.5, 0.6) is 0 Å². The number of benzene rings is 2. The van der Waals surface area contributed by atoms with Gasteiger partial charge in [0.1, 0.15) is 4.90 Å². The molecular formula is C23H27N3O3S. The fourth-order valence-electron chi connectivity index (χ4n) is 5.37. The van der Waals surface area contributed by atoms with Gasteiger partial charge in [0, 0.05) is 31.7 Å². The summed E-state index contributed by atoms with van der Waals surface area (Å²) in [5.74, 6) is 1.12. The van der Waals surface area contributed by atoms with Crippen molar-refractivity contribution in [2.24, 2.45) is 11.8 Å². The number of sulfonamides is 1. The van der Waals surface area contributed by atoms with Crippen LogP contribution in [0.25, 0.3) is 0 Å². The van der Waals surface area contributed by atoms with E-state index in [0.717, 1.165) is 23.5 Å². The van der Waals surface area contributed by atoms with E-state index in [1.807, 2.05) is 24.3 Å². The van der Waals surface area contributed by atoms with Crippen molar-refractivity contribution in [3.05, 3.63) is 59.2 Å². The van der Waals surface area contributed by atoms with Gasteiger partial charge in [0.05, 0.1) is 5.69 Å². The molecule has 2 fully saturated rings. The molecule has 1 heterocycles. The van der Waals surface area contributed by atoms with Gasteiger partial charge in [-0.05, 0) is 60.4 Å². The molecule has 2 bridgehead atoms. The Morgan fingerprint density at radius 3 is 2.37 bits per heavy atom. The van der Waals surface area contributed by atoms with Crippen LogP contribution in [0.1, 0.15) is 47.2 Å². The van der Waals surface area contributed by atoms with Gasteiger partial charge in [0.25, 0.3) is 5.91 Å². The van der Waals surface area contributed by atoms with Gasteiger partial charge in [0.15, 0.2) is 0 Å². The lowest BCUT2D eigenvalue weighted by Gasteiger charge is -2.23. The molecule has 2 saturated carbocycles. The third-order valence-corrected chi connectivity index (χ3v) is 8.83. The molecule has 158 valence electrons. The molecule has 3 atom stereocenters. The molecule has 6 nitrogen and oxygen atoms in total. The first-order chi connectivity index (χ1) is 14.5. The molecule has 1 aliphatic heterocycles. The molecule has 2 N–H and O–H groups in total. The lowest BCUT2D eigenvalue weighted by molar-refractivity contribution is 0.0922. The zero-order chi connectivity index (χ0) is 20.9. The van der Waals surface area contributed by atoms with Crippen LogP contribution >= 0.6 is 0 Å². The second kappa shape index (κ2) is 7.39. The largest absolute Gasteiger partial charge is 0.387 e. The van der Waals surface area contributed by atoms with E-state index in [0.29, 0.717) is 30.3 Å². The second-order valence-electron chi connectivity index (χ2n) is 8.76. The van der Waals surface area contributed by atoms with Gasteiger partial charge in [-0.15, -0.1) is 0 Å². The maximum atomic E-state index is 13.5. The average Bonchev–Trinajstić information content (AvgIpc) is 3.48. The molecule has 2 aromatic rings. The van der Waals surface area contributed by atoms with Gasteiger partial charge >= 0.3 is 0 Å². The predicted octanol–water partition coefficient (Wildman–Crippen LogP) is 3.35. The van der Waals surface area contributed by atoms with Gasteiger partial charge in [-0.3, -0.25) is 4.79 Å². The average molecular weight is 426 g/mol. The quantitative estimate of drug-likeness (QED) is 0.770. The number of rotatable bonds is 5. The highest BCUT2D eigenvalue weighted by atomic mass is 32.2. The van der Waals surface area contributed by atoms with E-state index in [1.54, 1.807) is 19.2 Å². The van der Waals surface area contributed by atoms with Crippen molar-refractivity contribution >= 4 is 21.6 Å². The number of carbonyl (C=O) groups excluding carboxylic acids is 1. The van der Waals surface area contributed by atoms with Gasteiger partial charge in [-0.2, -0.15) is 4.31 Å². The summed E-state index contributed by atoms with van der Waals surface area (Å²) < 4.78 is 28.4. The molecule has 30 heavy (non-hydrogen) atoms. The topological polar surface area (TPSA) is 78.5 Å². The summed E-state index contributed by atoms with van der Waals surface area (Å²) in [5, 5.41) is 6.13. The van der Waals surface area contributed by atoms with Crippen LogP contribution in [-0.4, -0.2) is 31.7 Å². The summed E-state index contributed by atoms with van der Waals surface area (Å²) in [4.78, 5) is 13.1. The molecule has 0 saturated heterocycles. The van der Waals surface area contributed by atoms with Crippen molar-refractivity contribution in [2.45, 2.75) is 49.7 Å². The van der Waals surface area contributed by atoms with Crippen molar-refractivity contribution in [1.82, 2.24) is 9.62 Å². The molecule has 7 heteroatoms. The van der Waals surface area contributed by atoms with Crippen molar-refractivity contribution < 1.29 is 13.2 Å². The van der Waals surface area contributed by atoms with E-state index >= 15 is 0 Å². The molecule has 0 unspecified atom stereocenters. The SMILES string of the molecule is CNc1ccc(C(=O)N[C@@H]2C[C@H]3CC[C@@H]2C3)cc1S(=O)(=O)N1Cc2ccccc2C1. The van der Waals surface area contributed by atoms with Crippen molar-refractivity contribution in [1.29, 1.82) is 0 Å². The number of amides is 1. The number of fused-ring (bicyclic) bond motifs is 3. The number of hydrogen-bond acceptors (Lipinski definition) is 4. The minimum absolute atomic E-state index is 0.151. The minimum Gasteiger partial charge on any atom is -0.387 e. The number of anilines is 1. The summed E-state index contributed by atoms with van der Waals surface area (Å²) in [7, 11) is -2.05. The molecule has 0 radical (unpaired) electrons. The number of carbonyl (C=O) groups is 1. The zero-order valence-corrected chi connectivity index (χ0v) is 17.9. The maximum absolute atomic E-state index is 13.5. The van der Waals surface area contributed by atoms with Crippen LogP contribution in [0.3, 0.4) is 0 Å². The Hall–Kier alpha value is -2.38. The lowest BCUT2D eigenvalue weighted by atomic mass is 9.95. The van der Waals surface area contributed by atoms with Gasteiger partial charge < -0.3 is 10.6 Å². The maximum Gasteiger partial charge on any atom is 0.251 e. The Morgan fingerprint density at radius 1 is 1.03 bits per heavy atom. The number of nitrogens with zero attached hydrogens (tertiary/aromatic N) is 1. The molecule has 3 aliphatic rings. The Kier molecular flexibility index (Phi) is 4.82. The highest BCUT2D eigenvalue weighted by molar-refractivity contribution is 7.89. The van der Waals surface area contributed by atoms with E-state index in [1.165, 1.54) is 29.6 Å². The Morgan fingerprint density at radius 2 is 1.77 bits per heavy atom. The predicted molar refractivity (Wildman–Crippen MR) is 116 cm³/mol. The van der Waals surface area contributed by atoms with E-state index in [-0.39, 0.29) is 16.8 Å². The van der Waals surface area contributed by atoms with Crippen molar-refractivity contribution in [3.63, 3.8) is 0 Å². The highest BCUT2D eigenvalue weighted by Crippen LogP contribution is 2.44. The summed E-state index contributed by atoms with van der Waals surface area (Å²) in [5.41, 5.74) is 2.95. The molecule has 2 aromatic carbocycles. The smallest absolute Gasteiger partial charge is 0.251 e. The number of nitrogens with one attached hydrogen (secondary N) is 2. The molecule has 5 rings (SSSR count). The molecule has 2 aliphatic carbocycles.